The minimum Gasteiger partial charge on any atom is -0.460 e. The van der Waals surface area contributed by atoms with Gasteiger partial charge in [-0.1, -0.05) is 28.1 Å². The second-order valence-electron chi connectivity index (χ2n) is 9.44. The van der Waals surface area contributed by atoms with Crippen molar-refractivity contribution in [1.82, 2.24) is 0 Å². The van der Waals surface area contributed by atoms with Crippen LogP contribution >= 0.6 is 15.9 Å². The van der Waals surface area contributed by atoms with Crippen LogP contribution in [-0.4, -0.2) is 10.3 Å². The molecule has 148 valence electrons. The zero-order valence-corrected chi connectivity index (χ0v) is 17.9. The van der Waals surface area contributed by atoms with Gasteiger partial charge in [0.05, 0.1) is 5.41 Å². The van der Waals surface area contributed by atoms with Crippen molar-refractivity contribution < 1.29 is 13.9 Å². The first kappa shape index (κ1) is 18.4. The number of hydrogen-bond donors (Lipinski definition) is 0. The number of carbonyl (C=O) groups excluding carboxylic acids is 1. The van der Waals surface area contributed by atoms with Crippen molar-refractivity contribution in [2.45, 2.75) is 63.3 Å². The Morgan fingerprint density at radius 2 is 1.93 bits per heavy atom. The van der Waals surface area contributed by atoms with Crippen LogP contribution in [0.1, 0.15) is 55.2 Å². The molecule has 4 aliphatic carbocycles. The maximum Gasteiger partial charge on any atom is 0.336 e. The first-order chi connectivity index (χ1) is 13.3. The molecule has 0 aliphatic heterocycles. The number of carbonyl (C=O) groups is 1. The zero-order valence-electron chi connectivity index (χ0n) is 16.3. The van der Waals surface area contributed by atoms with Crippen molar-refractivity contribution in [1.29, 1.82) is 0 Å². The minimum atomic E-state index is -0.401. The molecule has 6 rings (SSSR count). The van der Waals surface area contributed by atoms with E-state index in [9.17, 15) is 9.59 Å². The van der Waals surface area contributed by atoms with Crippen LogP contribution in [0.5, 0.6) is 0 Å². The molecule has 1 aromatic carbocycles. The summed E-state index contributed by atoms with van der Waals surface area (Å²) in [5.41, 5.74) is 2.58. The van der Waals surface area contributed by atoms with E-state index in [2.05, 4.69) is 15.9 Å². The van der Waals surface area contributed by atoms with Gasteiger partial charge in [0.25, 0.3) is 0 Å². The quantitative estimate of drug-likeness (QED) is 0.371. The molecule has 0 saturated heterocycles. The molecule has 1 aromatic heterocycles. The van der Waals surface area contributed by atoms with E-state index in [-0.39, 0.29) is 22.3 Å². The topological polar surface area (TPSA) is 56.5 Å². The number of alkyl halides is 1. The maximum absolute atomic E-state index is 13.2. The largest absolute Gasteiger partial charge is 0.460 e. The molecule has 0 amide bonds. The molecule has 0 radical (unpaired) electrons. The number of hydrogen-bond acceptors (Lipinski definition) is 4. The highest BCUT2D eigenvalue weighted by atomic mass is 79.9. The smallest absolute Gasteiger partial charge is 0.336 e. The predicted octanol–water partition coefficient (Wildman–Crippen LogP) is 5.19. The third-order valence-corrected chi connectivity index (χ3v) is 8.23. The van der Waals surface area contributed by atoms with Gasteiger partial charge in [-0.15, -0.1) is 0 Å². The van der Waals surface area contributed by atoms with Gasteiger partial charge in [0.1, 0.15) is 12.2 Å². The molecule has 2 atom stereocenters. The van der Waals surface area contributed by atoms with Crippen molar-refractivity contribution in [2.75, 3.05) is 0 Å². The standard InChI is InChI=1S/C23H25BrO4/c1-13-3-4-18-17(6-19(25)28-20(18)14(13)2)11-27-21(26)22-7-15-5-16(8-22)10-23(24,9-15)12-22/h3-4,6,15-16H,5,7-12H2,1-2H3. The van der Waals surface area contributed by atoms with Gasteiger partial charge in [0.15, 0.2) is 0 Å². The fourth-order valence-corrected chi connectivity index (χ4v) is 7.78. The molecule has 4 fully saturated rings. The van der Waals surface area contributed by atoms with Gasteiger partial charge >= 0.3 is 11.6 Å². The maximum atomic E-state index is 13.2. The summed E-state index contributed by atoms with van der Waals surface area (Å²) in [5.74, 6) is 1.17. The first-order valence-electron chi connectivity index (χ1n) is 10.2. The summed E-state index contributed by atoms with van der Waals surface area (Å²) >= 11 is 3.95. The van der Waals surface area contributed by atoms with E-state index in [4.69, 9.17) is 9.15 Å². The Labute approximate surface area is 172 Å². The van der Waals surface area contributed by atoms with E-state index in [1.807, 2.05) is 26.0 Å². The molecule has 28 heavy (non-hydrogen) atoms. The second kappa shape index (κ2) is 6.19. The van der Waals surface area contributed by atoms with Crippen molar-refractivity contribution in [2.24, 2.45) is 17.3 Å². The first-order valence-corrected chi connectivity index (χ1v) is 11.0. The number of rotatable bonds is 3. The Kier molecular flexibility index (Phi) is 4.07. The zero-order chi connectivity index (χ0) is 19.7. The minimum absolute atomic E-state index is 0.0874. The Hall–Kier alpha value is -1.62. The monoisotopic (exact) mass is 444 g/mol. The van der Waals surface area contributed by atoms with Crippen LogP contribution in [-0.2, 0) is 16.1 Å². The average molecular weight is 445 g/mol. The highest BCUT2D eigenvalue weighted by molar-refractivity contribution is 9.10. The Bertz CT molecular complexity index is 1020. The fourth-order valence-electron chi connectivity index (χ4n) is 6.33. The van der Waals surface area contributed by atoms with Crippen LogP contribution in [0, 0.1) is 31.1 Å². The number of fused-ring (bicyclic) bond motifs is 1. The van der Waals surface area contributed by atoms with Crippen LogP contribution in [0.3, 0.4) is 0 Å². The van der Waals surface area contributed by atoms with Gasteiger partial charge < -0.3 is 9.15 Å². The lowest BCUT2D eigenvalue weighted by atomic mass is 9.49. The normalized spacial score (nSPS) is 33.4. The summed E-state index contributed by atoms with van der Waals surface area (Å²) in [5, 5.41) is 0.845. The molecule has 2 aromatic rings. The summed E-state index contributed by atoms with van der Waals surface area (Å²) in [4.78, 5) is 25.3. The van der Waals surface area contributed by atoms with Crippen LogP contribution in [0.4, 0.5) is 0 Å². The summed E-state index contributed by atoms with van der Waals surface area (Å²) in [6.45, 7) is 4.06. The van der Waals surface area contributed by atoms with Crippen molar-refractivity contribution in [3.8, 4) is 0 Å². The van der Waals surface area contributed by atoms with Gasteiger partial charge in [-0.25, -0.2) is 4.79 Å². The molecule has 4 saturated carbocycles. The van der Waals surface area contributed by atoms with E-state index >= 15 is 0 Å². The Morgan fingerprint density at radius 1 is 1.21 bits per heavy atom. The molecule has 2 unspecified atom stereocenters. The molecule has 1 heterocycles. The second-order valence-corrected chi connectivity index (χ2v) is 11.1. The predicted molar refractivity (Wildman–Crippen MR) is 111 cm³/mol. The van der Waals surface area contributed by atoms with Gasteiger partial charge in [0.2, 0.25) is 0 Å². The number of halogens is 1. The van der Waals surface area contributed by atoms with Crippen LogP contribution in [0.25, 0.3) is 11.0 Å². The summed E-state index contributed by atoms with van der Waals surface area (Å²) in [6.07, 6.45) is 6.40. The van der Waals surface area contributed by atoms with Crippen molar-refractivity contribution in [3.63, 3.8) is 0 Å². The third-order valence-electron chi connectivity index (χ3n) is 7.30. The fraction of sp³-hybridized carbons (Fsp3) is 0.565. The third kappa shape index (κ3) is 2.85. The van der Waals surface area contributed by atoms with E-state index < -0.39 is 5.63 Å². The lowest BCUT2D eigenvalue weighted by molar-refractivity contribution is -0.170. The van der Waals surface area contributed by atoms with Crippen LogP contribution in [0.15, 0.2) is 27.4 Å². The molecule has 4 nitrogen and oxygen atoms in total. The van der Waals surface area contributed by atoms with Crippen molar-refractivity contribution in [3.05, 3.63) is 45.3 Å². The van der Waals surface area contributed by atoms with Gasteiger partial charge in [-0.2, -0.15) is 0 Å². The van der Waals surface area contributed by atoms with E-state index in [0.29, 0.717) is 17.4 Å². The van der Waals surface area contributed by atoms with Crippen LogP contribution < -0.4 is 5.63 Å². The lowest BCUT2D eigenvalue weighted by Crippen LogP contribution is -2.56. The Balaban J connectivity index is 1.42. The van der Waals surface area contributed by atoms with Gasteiger partial charge in [-0.05, 0) is 75.3 Å². The number of ether oxygens (including phenoxy) is 1. The molecular formula is C23H25BrO4. The molecule has 0 N–H and O–H groups in total. The summed E-state index contributed by atoms with van der Waals surface area (Å²) in [6, 6.07) is 5.41. The van der Waals surface area contributed by atoms with E-state index in [0.717, 1.165) is 41.3 Å². The molecule has 4 bridgehead atoms. The SMILES string of the molecule is Cc1ccc2c(COC(=O)C34CC5CC(CC(Br)(C5)C3)C4)cc(=O)oc2c1C. The Morgan fingerprint density at radius 3 is 2.61 bits per heavy atom. The highest BCUT2D eigenvalue weighted by Crippen LogP contribution is 2.64. The summed E-state index contributed by atoms with van der Waals surface area (Å²) in [7, 11) is 0. The molecule has 5 heteroatoms. The molecular weight excluding hydrogens is 420 g/mol. The lowest BCUT2D eigenvalue weighted by Gasteiger charge is -2.58. The van der Waals surface area contributed by atoms with Crippen molar-refractivity contribution >= 4 is 32.9 Å². The summed E-state index contributed by atoms with van der Waals surface area (Å²) < 4.78 is 11.4. The van der Waals surface area contributed by atoms with E-state index in [1.165, 1.54) is 25.3 Å². The number of benzene rings is 1. The van der Waals surface area contributed by atoms with Gasteiger partial charge in [-0.3, -0.25) is 4.79 Å². The highest BCUT2D eigenvalue weighted by Gasteiger charge is 2.60. The van der Waals surface area contributed by atoms with Crippen LogP contribution in [0.2, 0.25) is 0 Å². The van der Waals surface area contributed by atoms with E-state index in [1.54, 1.807) is 0 Å². The number of esters is 1. The molecule has 0 spiro atoms. The molecule has 4 aliphatic rings. The van der Waals surface area contributed by atoms with Gasteiger partial charge in [0, 0.05) is 21.3 Å². The number of aryl methyl sites for hydroxylation is 2. The average Bonchev–Trinajstić information content (AvgIpc) is 2.60.